The Morgan fingerprint density at radius 2 is 2.31 bits per heavy atom. The first-order chi connectivity index (χ1) is 7.61. The van der Waals surface area contributed by atoms with Crippen molar-refractivity contribution in [3.05, 3.63) is 45.4 Å². The fourth-order valence-electron chi connectivity index (χ4n) is 1.33. The number of hydrogen-bond donors (Lipinski definition) is 0. The van der Waals surface area contributed by atoms with Crippen molar-refractivity contribution in [2.24, 2.45) is 7.05 Å². The molecule has 0 saturated heterocycles. The highest BCUT2D eigenvalue weighted by atomic mass is 79.9. The van der Waals surface area contributed by atoms with Crippen molar-refractivity contribution in [2.45, 2.75) is 0 Å². The van der Waals surface area contributed by atoms with E-state index in [1.807, 2.05) is 0 Å². The first-order valence-corrected chi connectivity index (χ1v) is 5.61. The van der Waals surface area contributed by atoms with E-state index in [0.717, 1.165) is 0 Å². The third-order valence-corrected chi connectivity index (χ3v) is 2.97. The second-order valence-electron chi connectivity index (χ2n) is 3.13. The van der Waals surface area contributed by atoms with Crippen LogP contribution in [0.5, 0.6) is 0 Å². The van der Waals surface area contributed by atoms with Gasteiger partial charge in [-0.2, -0.15) is 5.10 Å². The fourth-order valence-corrected chi connectivity index (χ4v) is 2.07. The zero-order valence-corrected chi connectivity index (χ0v) is 10.7. The van der Waals surface area contributed by atoms with Crippen LogP contribution in [0.25, 0.3) is 0 Å². The molecule has 0 spiro atoms. The molecule has 0 saturated carbocycles. The van der Waals surface area contributed by atoms with Crippen LogP contribution in [0.3, 0.4) is 0 Å². The molecule has 0 aliphatic rings. The van der Waals surface area contributed by atoms with E-state index in [4.69, 9.17) is 11.6 Å². The number of rotatable bonds is 2. The molecule has 0 aliphatic heterocycles. The lowest BCUT2D eigenvalue weighted by atomic mass is 10.2. The van der Waals surface area contributed by atoms with Gasteiger partial charge in [-0.05, 0) is 28.1 Å². The lowest BCUT2D eigenvalue weighted by Crippen LogP contribution is -2.11. The van der Waals surface area contributed by atoms with Gasteiger partial charge in [0.05, 0.1) is 15.7 Å². The van der Waals surface area contributed by atoms with E-state index in [9.17, 15) is 4.79 Å². The second-order valence-corrected chi connectivity index (χ2v) is 4.39. The highest BCUT2D eigenvalue weighted by Crippen LogP contribution is 2.21. The van der Waals surface area contributed by atoms with Gasteiger partial charge in [-0.3, -0.25) is 14.5 Å². The largest absolute Gasteiger partial charge is 0.285 e. The van der Waals surface area contributed by atoms with E-state index in [-0.39, 0.29) is 11.5 Å². The molecule has 0 radical (unpaired) electrons. The average Bonchev–Trinajstić information content (AvgIpc) is 2.58. The predicted molar refractivity (Wildman–Crippen MR) is 63.6 cm³/mol. The quantitative estimate of drug-likeness (QED) is 0.801. The van der Waals surface area contributed by atoms with E-state index >= 15 is 0 Å². The molecule has 0 atom stereocenters. The van der Waals surface area contributed by atoms with Crippen LogP contribution >= 0.6 is 27.5 Å². The van der Waals surface area contributed by atoms with Gasteiger partial charge >= 0.3 is 0 Å². The van der Waals surface area contributed by atoms with Gasteiger partial charge in [-0.1, -0.05) is 11.6 Å². The van der Waals surface area contributed by atoms with E-state index in [1.54, 1.807) is 25.4 Å². The highest BCUT2D eigenvalue weighted by molar-refractivity contribution is 9.10. The lowest BCUT2D eigenvalue weighted by molar-refractivity contribution is 0.102. The molecule has 2 rings (SSSR count). The number of halogens is 2. The van der Waals surface area contributed by atoms with Gasteiger partial charge in [0.2, 0.25) is 5.78 Å². The van der Waals surface area contributed by atoms with Crippen LogP contribution in [0.4, 0.5) is 0 Å². The summed E-state index contributed by atoms with van der Waals surface area (Å²) in [6.07, 6.45) is 3.09. The van der Waals surface area contributed by atoms with Gasteiger partial charge in [0.1, 0.15) is 11.4 Å². The SMILES string of the molecule is Cn1ncc(Br)c1C(=O)c1ncccc1Cl. The number of aromatic nitrogens is 3. The predicted octanol–water partition coefficient (Wildman–Crippen LogP) is 2.46. The maximum Gasteiger partial charge on any atom is 0.231 e. The molecule has 6 heteroatoms. The molecule has 0 fully saturated rings. The van der Waals surface area contributed by atoms with Crippen LogP contribution in [0, 0.1) is 0 Å². The van der Waals surface area contributed by atoms with Crippen molar-refractivity contribution in [3.63, 3.8) is 0 Å². The molecule has 0 aromatic carbocycles. The molecule has 82 valence electrons. The maximum absolute atomic E-state index is 12.1. The van der Waals surface area contributed by atoms with Crippen LogP contribution in [0.15, 0.2) is 29.0 Å². The normalized spacial score (nSPS) is 10.4. The van der Waals surface area contributed by atoms with Crippen molar-refractivity contribution < 1.29 is 4.79 Å². The number of ketones is 1. The topological polar surface area (TPSA) is 47.8 Å². The van der Waals surface area contributed by atoms with Crippen LogP contribution in [-0.2, 0) is 7.05 Å². The molecule has 4 nitrogen and oxygen atoms in total. The minimum absolute atomic E-state index is 0.230. The van der Waals surface area contributed by atoms with E-state index < -0.39 is 0 Å². The number of carbonyl (C=O) groups excluding carboxylic acids is 1. The molecule has 2 aromatic heterocycles. The molecular formula is C10H7BrClN3O. The van der Waals surface area contributed by atoms with Gasteiger partial charge in [0.25, 0.3) is 0 Å². The number of nitrogens with zero attached hydrogens (tertiary/aromatic N) is 3. The molecule has 0 N–H and O–H groups in total. The summed E-state index contributed by atoms with van der Waals surface area (Å²) >= 11 is 9.18. The van der Waals surface area contributed by atoms with Gasteiger partial charge in [0, 0.05) is 13.2 Å². The van der Waals surface area contributed by atoms with Gasteiger partial charge in [0.15, 0.2) is 0 Å². The summed E-state index contributed by atoms with van der Waals surface area (Å²) in [7, 11) is 1.69. The average molecular weight is 301 g/mol. The van der Waals surface area contributed by atoms with Crippen LogP contribution in [0.1, 0.15) is 16.2 Å². The van der Waals surface area contributed by atoms with E-state index in [2.05, 4.69) is 26.0 Å². The minimum atomic E-state index is -0.252. The number of pyridine rings is 1. The minimum Gasteiger partial charge on any atom is -0.285 e. The molecule has 0 unspecified atom stereocenters. The third-order valence-electron chi connectivity index (χ3n) is 2.08. The maximum atomic E-state index is 12.1. The van der Waals surface area contributed by atoms with Crippen LogP contribution in [-0.4, -0.2) is 20.5 Å². The summed E-state index contributed by atoms with van der Waals surface area (Å²) in [4.78, 5) is 16.1. The Morgan fingerprint density at radius 1 is 1.56 bits per heavy atom. The molecule has 16 heavy (non-hydrogen) atoms. The number of hydrogen-bond acceptors (Lipinski definition) is 3. The zero-order chi connectivity index (χ0) is 11.7. The molecule has 0 aliphatic carbocycles. The molecule has 2 heterocycles. The van der Waals surface area contributed by atoms with Gasteiger partial charge < -0.3 is 0 Å². The smallest absolute Gasteiger partial charge is 0.231 e. The molecular weight excluding hydrogens is 293 g/mol. The van der Waals surface area contributed by atoms with Gasteiger partial charge in [-0.25, -0.2) is 0 Å². The van der Waals surface area contributed by atoms with Crippen molar-refractivity contribution in [1.82, 2.24) is 14.8 Å². The summed E-state index contributed by atoms with van der Waals surface area (Å²) in [5.74, 6) is -0.252. The standard InChI is InChI=1S/C10H7BrClN3O/c1-15-9(6(11)5-14-15)10(16)8-7(12)3-2-4-13-8/h2-5H,1H3. The van der Waals surface area contributed by atoms with Crippen molar-refractivity contribution >= 4 is 33.3 Å². The van der Waals surface area contributed by atoms with Gasteiger partial charge in [-0.15, -0.1) is 0 Å². The first-order valence-electron chi connectivity index (χ1n) is 4.44. The fraction of sp³-hybridized carbons (Fsp3) is 0.100. The number of carbonyl (C=O) groups is 1. The van der Waals surface area contributed by atoms with Crippen LogP contribution in [0.2, 0.25) is 5.02 Å². The molecule has 0 bridgehead atoms. The van der Waals surface area contributed by atoms with Crippen molar-refractivity contribution in [2.75, 3.05) is 0 Å². The Labute approximate surface area is 105 Å². The zero-order valence-electron chi connectivity index (χ0n) is 8.32. The summed E-state index contributed by atoms with van der Waals surface area (Å²) in [5, 5.41) is 4.30. The third kappa shape index (κ3) is 1.88. The Bertz CT molecular complexity index is 533. The Hall–Kier alpha value is -1.20. The highest BCUT2D eigenvalue weighted by Gasteiger charge is 2.20. The van der Waals surface area contributed by atoms with E-state index in [1.165, 1.54) is 10.9 Å². The van der Waals surface area contributed by atoms with E-state index in [0.29, 0.717) is 15.2 Å². The Balaban J connectivity index is 2.52. The summed E-state index contributed by atoms with van der Waals surface area (Å²) in [5.41, 5.74) is 0.661. The monoisotopic (exact) mass is 299 g/mol. The summed E-state index contributed by atoms with van der Waals surface area (Å²) in [6, 6.07) is 3.31. The van der Waals surface area contributed by atoms with Crippen molar-refractivity contribution in [3.8, 4) is 0 Å². The number of aryl methyl sites for hydroxylation is 1. The van der Waals surface area contributed by atoms with Crippen molar-refractivity contribution in [1.29, 1.82) is 0 Å². The Morgan fingerprint density at radius 3 is 2.88 bits per heavy atom. The molecule has 0 amide bonds. The lowest BCUT2D eigenvalue weighted by Gasteiger charge is -2.03. The Kier molecular flexibility index (Phi) is 3.07. The second kappa shape index (κ2) is 4.35. The summed E-state index contributed by atoms with van der Waals surface area (Å²) < 4.78 is 2.11. The first kappa shape index (κ1) is 11.3. The van der Waals surface area contributed by atoms with Crippen LogP contribution < -0.4 is 0 Å². The molecule has 2 aromatic rings. The summed E-state index contributed by atoms with van der Waals surface area (Å²) in [6.45, 7) is 0.